The van der Waals surface area contributed by atoms with E-state index < -0.39 is 0 Å². The maximum atomic E-state index is 13.1. The molecule has 1 aromatic carbocycles. The summed E-state index contributed by atoms with van der Waals surface area (Å²) < 4.78 is 13.1. The summed E-state index contributed by atoms with van der Waals surface area (Å²) in [7, 11) is 0. The third-order valence-electron chi connectivity index (χ3n) is 4.30. The summed E-state index contributed by atoms with van der Waals surface area (Å²) in [5.74, 6) is 0.120. The van der Waals surface area contributed by atoms with Crippen molar-refractivity contribution in [2.24, 2.45) is 0 Å². The second-order valence-electron chi connectivity index (χ2n) is 6.14. The van der Waals surface area contributed by atoms with Gasteiger partial charge in [-0.25, -0.2) is 9.37 Å². The fraction of sp³-hybridized carbons (Fsp3) is 0.316. The molecule has 3 rings (SSSR count). The molecule has 0 radical (unpaired) electrons. The number of nitrogens with zero attached hydrogens (tertiary/aromatic N) is 3. The van der Waals surface area contributed by atoms with E-state index >= 15 is 0 Å². The minimum atomic E-state index is -0.378. The third kappa shape index (κ3) is 4.78. The molecule has 7 heteroatoms. The molecular weight excluding hydrogens is 335 g/mol. The van der Waals surface area contributed by atoms with Crippen LogP contribution in [0.3, 0.4) is 0 Å². The zero-order valence-corrected chi connectivity index (χ0v) is 14.4. The normalized spacial score (nSPS) is 14.2. The molecule has 0 bridgehead atoms. The van der Waals surface area contributed by atoms with Gasteiger partial charge in [0, 0.05) is 32.4 Å². The Balaban J connectivity index is 1.42. The zero-order chi connectivity index (χ0) is 18.4. The van der Waals surface area contributed by atoms with E-state index in [1.807, 2.05) is 18.2 Å². The molecule has 26 heavy (non-hydrogen) atoms. The van der Waals surface area contributed by atoms with Gasteiger partial charge in [0.05, 0.1) is 13.0 Å². The van der Waals surface area contributed by atoms with Crippen LogP contribution in [0.15, 0.2) is 48.7 Å². The van der Waals surface area contributed by atoms with E-state index in [9.17, 15) is 14.0 Å². The summed E-state index contributed by atoms with van der Waals surface area (Å²) in [5.41, 5.74) is 0.582. The number of pyridine rings is 1. The Morgan fingerprint density at radius 1 is 1.08 bits per heavy atom. The average molecular weight is 356 g/mol. The molecule has 0 saturated carbocycles. The van der Waals surface area contributed by atoms with Gasteiger partial charge in [0.25, 0.3) is 0 Å². The van der Waals surface area contributed by atoms with Crippen LogP contribution in [0, 0.1) is 5.82 Å². The van der Waals surface area contributed by atoms with Gasteiger partial charge in [-0.05, 0) is 29.8 Å². The maximum Gasteiger partial charge on any atom is 0.242 e. The van der Waals surface area contributed by atoms with E-state index in [0.29, 0.717) is 31.7 Å². The summed E-state index contributed by atoms with van der Waals surface area (Å²) >= 11 is 0. The van der Waals surface area contributed by atoms with E-state index in [2.05, 4.69) is 15.2 Å². The number of hydrogen-bond donors (Lipinski definition) is 1. The molecule has 2 amide bonds. The Morgan fingerprint density at radius 2 is 1.88 bits per heavy atom. The van der Waals surface area contributed by atoms with Gasteiger partial charge in [-0.3, -0.25) is 9.59 Å². The fourth-order valence-corrected chi connectivity index (χ4v) is 2.91. The lowest BCUT2D eigenvalue weighted by atomic mass is 10.1. The van der Waals surface area contributed by atoms with Crippen LogP contribution >= 0.6 is 0 Å². The topological polar surface area (TPSA) is 65.5 Å². The van der Waals surface area contributed by atoms with Crippen LogP contribution in [0.5, 0.6) is 0 Å². The number of benzene rings is 1. The molecule has 0 atom stereocenters. The zero-order valence-electron chi connectivity index (χ0n) is 14.4. The van der Waals surface area contributed by atoms with Crippen molar-refractivity contribution in [3.63, 3.8) is 0 Å². The summed E-state index contributed by atoms with van der Waals surface area (Å²) in [6.45, 7) is 2.56. The van der Waals surface area contributed by atoms with Gasteiger partial charge in [-0.2, -0.15) is 0 Å². The first-order valence-electron chi connectivity index (χ1n) is 8.57. The molecule has 2 aromatic rings. The highest BCUT2D eigenvalue weighted by molar-refractivity contribution is 5.85. The Hall–Kier alpha value is -2.96. The quantitative estimate of drug-likeness (QED) is 0.875. The van der Waals surface area contributed by atoms with Crippen molar-refractivity contribution in [3.8, 4) is 0 Å². The highest BCUT2D eigenvalue weighted by atomic mass is 19.1. The molecule has 1 N–H and O–H groups in total. The van der Waals surface area contributed by atoms with E-state index in [4.69, 9.17) is 0 Å². The van der Waals surface area contributed by atoms with Crippen molar-refractivity contribution >= 4 is 17.6 Å². The monoisotopic (exact) mass is 356 g/mol. The van der Waals surface area contributed by atoms with Gasteiger partial charge in [0.1, 0.15) is 11.6 Å². The van der Waals surface area contributed by atoms with Crippen LogP contribution in [-0.2, 0) is 16.0 Å². The number of halogens is 1. The minimum absolute atomic E-state index is 0.0439. The molecule has 1 aliphatic rings. The number of nitrogens with one attached hydrogen (secondary N) is 1. The molecule has 2 heterocycles. The summed E-state index contributed by atoms with van der Waals surface area (Å²) in [6, 6.07) is 11.6. The van der Waals surface area contributed by atoms with Gasteiger partial charge < -0.3 is 15.1 Å². The van der Waals surface area contributed by atoms with E-state index in [0.717, 1.165) is 5.82 Å². The van der Waals surface area contributed by atoms with Crippen molar-refractivity contribution < 1.29 is 14.0 Å². The molecule has 1 saturated heterocycles. The molecule has 0 spiro atoms. The van der Waals surface area contributed by atoms with Gasteiger partial charge in [0.2, 0.25) is 11.8 Å². The number of aromatic nitrogens is 1. The number of rotatable bonds is 5. The first-order chi connectivity index (χ1) is 12.6. The molecule has 1 aliphatic heterocycles. The molecule has 1 aromatic heterocycles. The maximum absolute atomic E-state index is 13.1. The molecule has 1 fully saturated rings. The largest absolute Gasteiger partial charge is 0.353 e. The number of carbonyl (C=O) groups excluding carboxylic acids is 2. The number of anilines is 1. The van der Waals surface area contributed by atoms with Crippen molar-refractivity contribution in [1.82, 2.24) is 15.2 Å². The van der Waals surface area contributed by atoms with Crippen LogP contribution in [0.4, 0.5) is 10.2 Å². The van der Waals surface area contributed by atoms with Crippen LogP contribution in [0.1, 0.15) is 5.56 Å². The summed E-state index contributed by atoms with van der Waals surface area (Å²) in [6.07, 6.45) is 1.81. The Kier molecular flexibility index (Phi) is 5.78. The number of amides is 2. The van der Waals surface area contributed by atoms with Crippen LogP contribution in [0.25, 0.3) is 0 Å². The summed E-state index contributed by atoms with van der Waals surface area (Å²) in [4.78, 5) is 32.4. The predicted octanol–water partition coefficient (Wildman–Crippen LogP) is 1.23. The van der Waals surface area contributed by atoms with E-state index in [1.54, 1.807) is 23.2 Å². The predicted molar refractivity (Wildman–Crippen MR) is 96.1 cm³/mol. The van der Waals surface area contributed by atoms with Gasteiger partial charge in [-0.1, -0.05) is 18.2 Å². The number of carbonyl (C=O) groups is 2. The van der Waals surface area contributed by atoms with Crippen LogP contribution < -0.4 is 10.2 Å². The first kappa shape index (κ1) is 17.8. The number of piperazine rings is 1. The van der Waals surface area contributed by atoms with Crippen molar-refractivity contribution in [2.45, 2.75) is 6.42 Å². The van der Waals surface area contributed by atoms with Gasteiger partial charge >= 0.3 is 0 Å². The number of hydrogen-bond acceptors (Lipinski definition) is 4. The average Bonchev–Trinajstić information content (AvgIpc) is 2.67. The van der Waals surface area contributed by atoms with Crippen LogP contribution in [0.2, 0.25) is 0 Å². The molecule has 0 aliphatic carbocycles. The lowest BCUT2D eigenvalue weighted by molar-refractivity contribution is -0.133. The lowest BCUT2D eigenvalue weighted by Gasteiger charge is -2.35. The Labute approximate surface area is 151 Å². The van der Waals surface area contributed by atoms with Crippen molar-refractivity contribution in [1.29, 1.82) is 0 Å². The highest BCUT2D eigenvalue weighted by Crippen LogP contribution is 2.12. The summed E-state index contributed by atoms with van der Waals surface area (Å²) in [5, 5.41) is 2.61. The van der Waals surface area contributed by atoms with Crippen molar-refractivity contribution in [2.75, 3.05) is 37.6 Å². The van der Waals surface area contributed by atoms with Crippen molar-refractivity contribution in [3.05, 3.63) is 60.0 Å². The highest BCUT2D eigenvalue weighted by Gasteiger charge is 2.21. The molecule has 6 nitrogen and oxygen atoms in total. The Morgan fingerprint density at radius 3 is 2.58 bits per heavy atom. The van der Waals surface area contributed by atoms with Crippen LogP contribution in [-0.4, -0.2) is 54.4 Å². The second-order valence-corrected chi connectivity index (χ2v) is 6.14. The van der Waals surface area contributed by atoms with Gasteiger partial charge in [-0.15, -0.1) is 0 Å². The smallest absolute Gasteiger partial charge is 0.242 e. The second kappa shape index (κ2) is 8.42. The lowest BCUT2D eigenvalue weighted by Crippen LogP contribution is -2.51. The SMILES string of the molecule is O=C(Cc1cccc(F)c1)NCC(=O)N1CCN(c2ccccn2)CC1. The molecular formula is C19H21FN4O2. The minimum Gasteiger partial charge on any atom is -0.353 e. The standard InChI is InChI=1S/C19H21FN4O2/c20-16-5-3-4-15(12-16)13-18(25)22-14-19(26)24-10-8-23(9-11-24)17-6-1-2-7-21-17/h1-7,12H,8-11,13-14H2,(H,22,25). The van der Waals surface area contributed by atoms with Gasteiger partial charge in [0.15, 0.2) is 0 Å². The molecule has 136 valence electrons. The first-order valence-corrected chi connectivity index (χ1v) is 8.57. The fourth-order valence-electron chi connectivity index (χ4n) is 2.91. The molecule has 0 unspecified atom stereocenters. The third-order valence-corrected chi connectivity index (χ3v) is 4.30. The Bertz CT molecular complexity index is 761. The van der Waals surface area contributed by atoms with E-state index in [-0.39, 0.29) is 30.6 Å². The van der Waals surface area contributed by atoms with E-state index in [1.165, 1.54) is 12.1 Å².